The number of benzene rings is 1. The highest BCUT2D eigenvalue weighted by Crippen LogP contribution is 2.38. The molecule has 0 amide bonds. The summed E-state index contributed by atoms with van der Waals surface area (Å²) < 4.78 is 5.10. The van der Waals surface area contributed by atoms with Crippen molar-refractivity contribution in [3.63, 3.8) is 0 Å². The molecule has 124 valence electrons. The van der Waals surface area contributed by atoms with Crippen LogP contribution in [0.4, 0.5) is 11.4 Å². The number of ether oxygens (including phenoxy) is 1. The molecular weight excluding hydrogens is 300 g/mol. The molecule has 1 aromatic rings. The van der Waals surface area contributed by atoms with Crippen LogP contribution < -0.4 is 4.90 Å². The van der Waals surface area contributed by atoms with E-state index in [4.69, 9.17) is 4.74 Å². The maximum Gasteiger partial charge on any atom is 0.313 e. The van der Waals surface area contributed by atoms with Crippen molar-refractivity contribution in [3.8, 4) is 0 Å². The number of carbonyl (C=O) groups excluding carboxylic acids is 2. The van der Waals surface area contributed by atoms with Crippen molar-refractivity contribution in [2.24, 2.45) is 5.41 Å². The van der Waals surface area contributed by atoms with E-state index in [0.717, 1.165) is 0 Å². The summed E-state index contributed by atoms with van der Waals surface area (Å²) in [6, 6.07) is 4.44. The highest BCUT2D eigenvalue weighted by molar-refractivity contribution is 5.95. The first-order valence-corrected chi connectivity index (χ1v) is 7.50. The molecule has 1 aromatic carbocycles. The molecule has 0 radical (unpaired) electrons. The van der Waals surface area contributed by atoms with Crippen molar-refractivity contribution in [3.05, 3.63) is 33.9 Å². The van der Waals surface area contributed by atoms with E-state index >= 15 is 0 Å². The van der Waals surface area contributed by atoms with Gasteiger partial charge in [-0.1, -0.05) is 0 Å². The minimum Gasteiger partial charge on any atom is -0.466 e. The number of nitrogens with zero attached hydrogens (tertiary/aromatic N) is 2. The molecule has 1 heterocycles. The van der Waals surface area contributed by atoms with Crippen molar-refractivity contribution in [2.45, 2.75) is 27.2 Å². The Morgan fingerprint density at radius 1 is 1.43 bits per heavy atom. The van der Waals surface area contributed by atoms with E-state index < -0.39 is 10.3 Å². The second kappa shape index (κ2) is 6.36. The van der Waals surface area contributed by atoms with Crippen molar-refractivity contribution in [2.75, 3.05) is 24.6 Å². The third-order valence-corrected chi connectivity index (χ3v) is 4.16. The van der Waals surface area contributed by atoms with Gasteiger partial charge in [0.15, 0.2) is 5.78 Å². The summed E-state index contributed by atoms with van der Waals surface area (Å²) in [6.45, 7) is 6.11. The number of anilines is 1. The number of esters is 1. The number of hydrogen-bond acceptors (Lipinski definition) is 6. The minimum absolute atomic E-state index is 0.120. The maximum atomic E-state index is 12.1. The smallest absolute Gasteiger partial charge is 0.313 e. The van der Waals surface area contributed by atoms with Gasteiger partial charge in [0.25, 0.3) is 5.69 Å². The molecule has 1 aliphatic rings. The van der Waals surface area contributed by atoms with E-state index in [1.54, 1.807) is 30.9 Å². The van der Waals surface area contributed by atoms with Gasteiger partial charge in [-0.05, 0) is 39.3 Å². The van der Waals surface area contributed by atoms with E-state index in [1.165, 1.54) is 13.0 Å². The Kier molecular flexibility index (Phi) is 4.68. The average Bonchev–Trinajstić information content (AvgIpc) is 2.90. The molecule has 2 rings (SSSR count). The Hall–Kier alpha value is -2.44. The van der Waals surface area contributed by atoms with Crippen LogP contribution in [0, 0.1) is 15.5 Å². The molecule has 1 unspecified atom stereocenters. The van der Waals surface area contributed by atoms with Crippen LogP contribution in [0.15, 0.2) is 18.2 Å². The quantitative estimate of drug-likeness (QED) is 0.358. The van der Waals surface area contributed by atoms with Crippen LogP contribution in [-0.2, 0) is 9.53 Å². The van der Waals surface area contributed by atoms with Gasteiger partial charge < -0.3 is 9.64 Å². The molecule has 0 aliphatic carbocycles. The lowest BCUT2D eigenvalue weighted by atomic mass is 9.90. The largest absolute Gasteiger partial charge is 0.466 e. The Labute approximate surface area is 134 Å². The Balaban J connectivity index is 2.31. The van der Waals surface area contributed by atoms with Crippen molar-refractivity contribution >= 4 is 23.1 Å². The molecule has 1 saturated heterocycles. The van der Waals surface area contributed by atoms with Gasteiger partial charge in [0.2, 0.25) is 0 Å². The summed E-state index contributed by atoms with van der Waals surface area (Å²) in [5, 5.41) is 11.3. The number of carbonyl (C=O) groups is 2. The second-order valence-electron chi connectivity index (χ2n) is 5.97. The maximum absolute atomic E-state index is 12.1. The van der Waals surface area contributed by atoms with Crippen LogP contribution in [0.3, 0.4) is 0 Å². The van der Waals surface area contributed by atoms with Crippen LogP contribution in [0.25, 0.3) is 0 Å². The molecule has 7 heteroatoms. The highest BCUT2D eigenvalue weighted by Gasteiger charge is 2.43. The zero-order valence-electron chi connectivity index (χ0n) is 13.5. The fourth-order valence-corrected chi connectivity index (χ4v) is 2.79. The van der Waals surface area contributed by atoms with Crippen molar-refractivity contribution in [1.82, 2.24) is 0 Å². The second-order valence-corrected chi connectivity index (χ2v) is 5.97. The zero-order valence-corrected chi connectivity index (χ0v) is 13.5. The summed E-state index contributed by atoms with van der Waals surface area (Å²) in [4.78, 5) is 36.1. The monoisotopic (exact) mass is 320 g/mol. The lowest BCUT2D eigenvalue weighted by Crippen LogP contribution is -2.33. The van der Waals surface area contributed by atoms with Gasteiger partial charge in [0.05, 0.1) is 16.9 Å². The fraction of sp³-hybridized carbons (Fsp3) is 0.500. The molecule has 1 aliphatic heterocycles. The van der Waals surface area contributed by atoms with E-state index in [-0.39, 0.29) is 17.4 Å². The molecule has 0 aromatic heterocycles. The van der Waals surface area contributed by atoms with Crippen molar-refractivity contribution in [1.29, 1.82) is 0 Å². The van der Waals surface area contributed by atoms with Gasteiger partial charge in [0, 0.05) is 24.7 Å². The first kappa shape index (κ1) is 16.9. The van der Waals surface area contributed by atoms with Gasteiger partial charge in [-0.15, -0.1) is 0 Å². The number of nitro groups is 1. The summed E-state index contributed by atoms with van der Waals surface area (Å²) in [6.07, 6.45) is 0.567. The highest BCUT2D eigenvalue weighted by atomic mass is 16.6. The zero-order chi connectivity index (χ0) is 17.2. The first-order valence-electron chi connectivity index (χ1n) is 7.50. The van der Waals surface area contributed by atoms with Crippen LogP contribution >= 0.6 is 0 Å². The van der Waals surface area contributed by atoms with E-state index in [9.17, 15) is 19.7 Å². The van der Waals surface area contributed by atoms with E-state index in [1.807, 2.05) is 0 Å². The lowest BCUT2D eigenvalue weighted by molar-refractivity contribution is -0.384. The van der Waals surface area contributed by atoms with Gasteiger partial charge in [-0.3, -0.25) is 19.7 Å². The number of ketones is 1. The van der Waals surface area contributed by atoms with E-state index in [0.29, 0.717) is 37.4 Å². The molecule has 1 fully saturated rings. The summed E-state index contributed by atoms with van der Waals surface area (Å²) in [5.41, 5.74) is -0.0741. The minimum atomic E-state index is -0.677. The molecule has 0 N–H and O–H groups in total. The summed E-state index contributed by atoms with van der Waals surface area (Å²) in [5.74, 6) is -0.511. The molecular formula is C16H20N2O5. The number of rotatable bonds is 5. The van der Waals surface area contributed by atoms with Crippen LogP contribution in [0.1, 0.15) is 37.6 Å². The third kappa shape index (κ3) is 3.33. The fourth-order valence-electron chi connectivity index (χ4n) is 2.79. The van der Waals surface area contributed by atoms with E-state index in [2.05, 4.69) is 0 Å². The Bertz CT molecular complexity index is 658. The van der Waals surface area contributed by atoms with Crippen LogP contribution in [0.2, 0.25) is 0 Å². The van der Waals surface area contributed by atoms with Gasteiger partial charge in [-0.25, -0.2) is 0 Å². The average molecular weight is 320 g/mol. The third-order valence-electron chi connectivity index (χ3n) is 4.16. The summed E-state index contributed by atoms with van der Waals surface area (Å²) >= 11 is 0. The standard InChI is InChI=1S/C16H20N2O5/c1-4-23-15(20)16(3)7-8-17(10-16)13-6-5-12(11(2)19)9-14(13)18(21)22/h5-6,9H,4,7-8,10H2,1-3H3. The lowest BCUT2D eigenvalue weighted by Gasteiger charge is -2.23. The van der Waals surface area contributed by atoms with Crippen LogP contribution in [0.5, 0.6) is 0 Å². The predicted molar refractivity (Wildman–Crippen MR) is 84.7 cm³/mol. The molecule has 0 spiro atoms. The molecule has 23 heavy (non-hydrogen) atoms. The van der Waals surface area contributed by atoms with Gasteiger partial charge in [0.1, 0.15) is 5.69 Å². The Morgan fingerprint density at radius 3 is 2.70 bits per heavy atom. The normalized spacial score (nSPS) is 20.4. The number of nitro benzene ring substituents is 1. The predicted octanol–water partition coefficient (Wildman–Crippen LogP) is 2.58. The molecule has 7 nitrogen and oxygen atoms in total. The van der Waals surface area contributed by atoms with Crippen molar-refractivity contribution < 1.29 is 19.2 Å². The first-order chi connectivity index (χ1) is 10.8. The van der Waals surface area contributed by atoms with Gasteiger partial charge >= 0.3 is 5.97 Å². The number of Topliss-reactive ketones (excluding diaryl/α,β-unsaturated/α-hetero) is 1. The summed E-state index contributed by atoms with van der Waals surface area (Å²) in [7, 11) is 0. The van der Waals surface area contributed by atoms with Crippen LogP contribution in [-0.4, -0.2) is 36.4 Å². The molecule has 0 bridgehead atoms. The molecule has 1 atom stereocenters. The number of hydrogen-bond donors (Lipinski definition) is 0. The Morgan fingerprint density at radius 2 is 2.13 bits per heavy atom. The SMILES string of the molecule is CCOC(=O)C1(C)CCN(c2ccc(C(C)=O)cc2[N+](=O)[O-])C1. The van der Waals surface area contributed by atoms with Gasteiger partial charge in [-0.2, -0.15) is 0 Å². The topological polar surface area (TPSA) is 89.8 Å². The molecule has 0 saturated carbocycles.